The third kappa shape index (κ3) is 2.68. The van der Waals surface area contributed by atoms with E-state index in [1.807, 2.05) is 35.2 Å². The minimum atomic E-state index is -0.230. The number of aromatic nitrogens is 1. The molecule has 4 N–H and O–H groups in total. The standard InChI is InChI=1S/C15H18N4O2/c16-14(17)12-7-10-3-1-2-4-13(10)18-15(12)19-5-6-21-11(8-19)9-20/h1-4,7,11,20H,5-6,8-9H2,(H3,16,17). The molecule has 2 aromatic rings. The van der Waals surface area contributed by atoms with Crippen LogP contribution in [-0.4, -0.2) is 48.3 Å². The number of nitrogens with one attached hydrogen (secondary N) is 1. The van der Waals surface area contributed by atoms with E-state index in [4.69, 9.17) is 15.9 Å². The molecule has 1 saturated heterocycles. The van der Waals surface area contributed by atoms with Crippen LogP contribution in [0.25, 0.3) is 10.9 Å². The Kier molecular flexibility index (Phi) is 3.72. The largest absolute Gasteiger partial charge is 0.394 e. The minimum absolute atomic E-state index is 0.00436. The lowest BCUT2D eigenvalue weighted by molar-refractivity contribution is 0.00337. The fourth-order valence-corrected chi connectivity index (χ4v) is 2.57. The number of aliphatic hydroxyl groups excluding tert-OH is 1. The van der Waals surface area contributed by atoms with Gasteiger partial charge in [-0.2, -0.15) is 0 Å². The molecule has 1 unspecified atom stereocenters. The van der Waals surface area contributed by atoms with E-state index >= 15 is 0 Å². The van der Waals surface area contributed by atoms with Crippen LogP contribution in [0.2, 0.25) is 0 Å². The van der Waals surface area contributed by atoms with E-state index in [0.29, 0.717) is 31.1 Å². The topological polar surface area (TPSA) is 95.5 Å². The van der Waals surface area contributed by atoms with Crippen molar-refractivity contribution < 1.29 is 9.84 Å². The van der Waals surface area contributed by atoms with Gasteiger partial charge in [-0.25, -0.2) is 4.98 Å². The lowest BCUT2D eigenvalue weighted by Crippen LogP contribution is -2.45. The second-order valence-corrected chi connectivity index (χ2v) is 5.09. The third-order valence-corrected chi connectivity index (χ3v) is 3.64. The van der Waals surface area contributed by atoms with Gasteiger partial charge in [0.25, 0.3) is 0 Å². The smallest absolute Gasteiger partial charge is 0.140 e. The fourth-order valence-electron chi connectivity index (χ4n) is 2.57. The van der Waals surface area contributed by atoms with Gasteiger partial charge in [0, 0.05) is 18.5 Å². The monoisotopic (exact) mass is 286 g/mol. The highest BCUT2D eigenvalue weighted by Gasteiger charge is 2.24. The molecule has 2 heterocycles. The number of anilines is 1. The molecule has 1 atom stereocenters. The Morgan fingerprint density at radius 1 is 1.48 bits per heavy atom. The summed E-state index contributed by atoms with van der Waals surface area (Å²) in [6.45, 7) is 1.71. The number of para-hydroxylation sites is 1. The van der Waals surface area contributed by atoms with Crippen LogP contribution >= 0.6 is 0 Å². The molecule has 0 bridgehead atoms. The van der Waals surface area contributed by atoms with Gasteiger partial charge in [0.05, 0.1) is 30.4 Å². The number of hydrogen-bond donors (Lipinski definition) is 3. The molecular formula is C15H18N4O2. The van der Waals surface area contributed by atoms with E-state index in [1.165, 1.54) is 0 Å². The van der Waals surface area contributed by atoms with Crippen molar-refractivity contribution in [1.29, 1.82) is 5.41 Å². The van der Waals surface area contributed by atoms with Crippen molar-refractivity contribution in [3.05, 3.63) is 35.9 Å². The number of nitrogens with two attached hydrogens (primary N) is 1. The highest BCUT2D eigenvalue weighted by molar-refractivity contribution is 6.03. The van der Waals surface area contributed by atoms with Crippen LogP contribution in [0.5, 0.6) is 0 Å². The van der Waals surface area contributed by atoms with Crippen molar-refractivity contribution >= 4 is 22.6 Å². The van der Waals surface area contributed by atoms with E-state index in [1.54, 1.807) is 0 Å². The van der Waals surface area contributed by atoms with Crippen molar-refractivity contribution in [2.75, 3.05) is 31.2 Å². The van der Waals surface area contributed by atoms with E-state index < -0.39 is 0 Å². The van der Waals surface area contributed by atoms with Crippen LogP contribution in [0.3, 0.4) is 0 Å². The van der Waals surface area contributed by atoms with Crippen LogP contribution in [0.15, 0.2) is 30.3 Å². The number of morpholine rings is 1. The molecule has 1 aliphatic rings. The Balaban J connectivity index is 2.07. The average molecular weight is 286 g/mol. The minimum Gasteiger partial charge on any atom is -0.394 e. The van der Waals surface area contributed by atoms with E-state index in [0.717, 1.165) is 10.9 Å². The summed E-state index contributed by atoms with van der Waals surface area (Å²) >= 11 is 0. The normalized spacial score (nSPS) is 18.9. The number of aliphatic hydroxyl groups is 1. The lowest BCUT2D eigenvalue weighted by atomic mass is 10.1. The molecular weight excluding hydrogens is 268 g/mol. The molecule has 0 saturated carbocycles. The second kappa shape index (κ2) is 5.67. The summed E-state index contributed by atoms with van der Waals surface area (Å²) in [5, 5.41) is 18.0. The second-order valence-electron chi connectivity index (χ2n) is 5.09. The number of ether oxygens (including phenoxy) is 1. The van der Waals surface area contributed by atoms with Gasteiger partial charge < -0.3 is 20.5 Å². The number of amidine groups is 1. The van der Waals surface area contributed by atoms with Gasteiger partial charge in [0.2, 0.25) is 0 Å². The Bertz CT molecular complexity index is 674. The highest BCUT2D eigenvalue weighted by Crippen LogP contribution is 2.25. The first kappa shape index (κ1) is 13.8. The molecule has 0 spiro atoms. The number of pyridine rings is 1. The number of nitrogen functional groups attached to an aromatic ring is 1. The number of rotatable bonds is 3. The predicted molar refractivity (Wildman–Crippen MR) is 81.8 cm³/mol. The maximum atomic E-state index is 9.27. The van der Waals surface area contributed by atoms with E-state index in [9.17, 15) is 5.11 Å². The van der Waals surface area contributed by atoms with Crippen LogP contribution in [0.4, 0.5) is 5.82 Å². The van der Waals surface area contributed by atoms with Crippen molar-refractivity contribution in [3.63, 3.8) is 0 Å². The molecule has 6 heteroatoms. The van der Waals surface area contributed by atoms with Crippen molar-refractivity contribution in [2.24, 2.45) is 5.73 Å². The molecule has 0 amide bonds. The van der Waals surface area contributed by atoms with Gasteiger partial charge >= 0.3 is 0 Å². The molecule has 0 aliphatic carbocycles. The van der Waals surface area contributed by atoms with Crippen molar-refractivity contribution in [2.45, 2.75) is 6.10 Å². The van der Waals surface area contributed by atoms with Crippen molar-refractivity contribution in [1.82, 2.24) is 4.98 Å². The van der Waals surface area contributed by atoms with Crippen LogP contribution in [0.1, 0.15) is 5.56 Å². The summed E-state index contributed by atoms with van der Waals surface area (Å²) < 4.78 is 5.46. The first-order valence-electron chi connectivity index (χ1n) is 6.90. The maximum absolute atomic E-state index is 9.27. The number of fused-ring (bicyclic) bond motifs is 1. The summed E-state index contributed by atoms with van der Waals surface area (Å²) in [5.74, 6) is 0.679. The SMILES string of the molecule is N=C(N)c1cc2ccccc2nc1N1CCOC(CO)C1. The molecule has 1 aromatic carbocycles. The van der Waals surface area contributed by atoms with E-state index in [-0.39, 0.29) is 18.5 Å². The number of benzene rings is 1. The van der Waals surface area contributed by atoms with Gasteiger partial charge in [-0.1, -0.05) is 18.2 Å². The summed E-state index contributed by atoms with van der Waals surface area (Å²) in [6.07, 6.45) is -0.230. The summed E-state index contributed by atoms with van der Waals surface area (Å²) in [5.41, 5.74) is 7.20. The first-order valence-corrected chi connectivity index (χ1v) is 6.90. The van der Waals surface area contributed by atoms with Crippen LogP contribution in [0, 0.1) is 5.41 Å². The molecule has 1 aliphatic heterocycles. The zero-order chi connectivity index (χ0) is 14.8. The van der Waals surface area contributed by atoms with Crippen LogP contribution < -0.4 is 10.6 Å². The first-order chi connectivity index (χ1) is 10.2. The lowest BCUT2D eigenvalue weighted by Gasteiger charge is -2.34. The molecule has 110 valence electrons. The van der Waals surface area contributed by atoms with E-state index in [2.05, 4.69) is 4.98 Å². The van der Waals surface area contributed by atoms with Gasteiger partial charge in [-0.3, -0.25) is 5.41 Å². The van der Waals surface area contributed by atoms with Gasteiger partial charge in [-0.05, 0) is 12.1 Å². The summed E-state index contributed by atoms with van der Waals surface area (Å²) in [6, 6.07) is 9.65. The molecule has 6 nitrogen and oxygen atoms in total. The molecule has 0 radical (unpaired) electrons. The number of nitrogens with zero attached hydrogens (tertiary/aromatic N) is 2. The summed E-state index contributed by atoms with van der Waals surface area (Å²) in [4.78, 5) is 6.68. The Labute approximate surface area is 122 Å². The third-order valence-electron chi connectivity index (χ3n) is 3.64. The molecule has 21 heavy (non-hydrogen) atoms. The average Bonchev–Trinajstić information content (AvgIpc) is 2.53. The zero-order valence-electron chi connectivity index (χ0n) is 11.6. The van der Waals surface area contributed by atoms with Crippen molar-refractivity contribution in [3.8, 4) is 0 Å². The molecule has 1 aromatic heterocycles. The predicted octanol–water partition coefficient (Wildman–Crippen LogP) is 0.716. The van der Waals surface area contributed by atoms with Crippen LogP contribution in [-0.2, 0) is 4.74 Å². The van der Waals surface area contributed by atoms with Gasteiger partial charge in [0.1, 0.15) is 11.7 Å². The fraction of sp³-hybridized carbons (Fsp3) is 0.333. The Morgan fingerprint density at radius 3 is 3.05 bits per heavy atom. The Hall–Kier alpha value is -2.18. The maximum Gasteiger partial charge on any atom is 0.140 e. The highest BCUT2D eigenvalue weighted by atomic mass is 16.5. The quantitative estimate of drug-likeness (QED) is 0.570. The molecule has 3 rings (SSSR count). The zero-order valence-corrected chi connectivity index (χ0v) is 11.6. The van der Waals surface area contributed by atoms with Gasteiger partial charge in [-0.15, -0.1) is 0 Å². The van der Waals surface area contributed by atoms with Gasteiger partial charge in [0.15, 0.2) is 0 Å². The summed E-state index contributed by atoms with van der Waals surface area (Å²) in [7, 11) is 0. The number of hydrogen-bond acceptors (Lipinski definition) is 5. The molecule has 1 fully saturated rings. The Morgan fingerprint density at radius 2 is 2.29 bits per heavy atom.